The van der Waals surface area contributed by atoms with Gasteiger partial charge in [-0.15, -0.1) is 0 Å². The Hall–Kier alpha value is -3.67. The van der Waals surface area contributed by atoms with Crippen molar-refractivity contribution in [3.05, 3.63) is 107 Å². The number of halogens is 1. The number of ether oxygens (including phenoxy) is 2. The number of carbonyl (C=O) groups excluding carboxylic acids is 2. The van der Waals surface area contributed by atoms with Crippen molar-refractivity contribution in [3.8, 4) is 22.3 Å². The molecule has 0 aliphatic heterocycles. The Kier molecular flexibility index (Phi) is 14.1. The van der Waals surface area contributed by atoms with E-state index in [-0.39, 0.29) is 24.7 Å². The van der Waals surface area contributed by atoms with Gasteiger partial charge in [0.25, 0.3) is 0 Å². The molecule has 48 heavy (non-hydrogen) atoms. The predicted octanol–water partition coefficient (Wildman–Crippen LogP) is 10.2. The molecule has 1 atom stereocenters. The van der Waals surface area contributed by atoms with Crippen molar-refractivity contribution in [2.45, 2.75) is 84.5 Å². The van der Waals surface area contributed by atoms with Gasteiger partial charge < -0.3 is 14.6 Å². The number of aliphatic hydroxyl groups is 1. The highest BCUT2D eigenvalue weighted by molar-refractivity contribution is 6.31. The second kappa shape index (κ2) is 18.2. The maximum absolute atomic E-state index is 12.1. The van der Waals surface area contributed by atoms with Crippen LogP contribution in [-0.4, -0.2) is 36.9 Å². The molecule has 0 amide bonds. The summed E-state index contributed by atoms with van der Waals surface area (Å²) < 4.78 is 10.9. The molecule has 1 saturated carbocycles. The van der Waals surface area contributed by atoms with E-state index in [9.17, 15) is 9.59 Å². The summed E-state index contributed by atoms with van der Waals surface area (Å²) in [4.78, 5) is 24.1. The summed E-state index contributed by atoms with van der Waals surface area (Å²) in [5.74, 6) is -0.112. The second-order valence-corrected chi connectivity index (χ2v) is 13.8. The van der Waals surface area contributed by atoms with Crippen molar-refractivity contribution < 1.29 is 24.2 Å². The number of rotatable bonds is 16. The molecule has 4 rings (SSSR count). The topological polar surface area (TPSA) is 72.8 Å². The molecule has 0 bridgehead atoms. The van der Waals surface area contributed by atoms with E-state index in [4.69, 9.17) is 26.2 Å². The first-order valence-corrected chi connectivity index (χ1v) is 17.8. The zero-order valence-corrected chi connectivity index (χ0v) is 29.6. The highest BCUT2D eigenvalue weighted by Gasteiger charge is 2.30. The summed E-state index contributed by atoms with van der Waals surface area (Å²) in [6.45, 7) is 13.3. The molecule has 1 aliphatic carbocycles. The molecule has 5 nitrogen and oxygen atoms in total. The second-order valence-electron chi connectivity index (χ2n) is 13.4. The molecule has 0 spiro atoms. The van der Waals surface area contributed by atoms with E-state index in [0.717, 1.165) is 48.3 Å². The Morgan fingerprint density at radius 1 is 0.896 bits per heavy atom. The van der Waals surface area contributed by atoms with Crippen LogP contribution in [0.1, 0.15) is 87.8 Å². The van der Waals surface area contributed by atoms with Crippen molar-refractivity contribution in [1.29, 1.82) is 0 Å². The molecule has 6 heteroatoms. The van der Waals surface area contributed by atoms with Gasteiger partial charge in [0.2, 0.25) is 0 Å². The maximum Gasteiger partial charge on any atom is 0.335 e. The molecule has 3 aromatic carbocycles. The summed E-state index contributed by atoms with van der Waals surface area (Å²) >= 11 is 6.64. The highest BCUT2D eigenvalue weighted by Crippen LogP contribution is 2.41. The van der Waals surface area contributed by atoms with Crippen molar-refractivity contribution >= 4 is 23.5 Å². The summed E-state index contributed by atoms with van der Waals surface area (Å²) in [5.41, 5.74) is 8.98. The number of hydrogen-bond donors (Lipinski definition) is 1. The minimum absolute atomic E-state index is 0.0306. The maximum atomic E-state index is 12.1. The molecule has 256 valence electrons. The van der Waals surface area contributed by atoms with Crippen molar-refractivity contribution in [1.82, 2.24) is 0 Å². The molecular weight excluding hydrogens is 620 g/mol. The Balaban J connectivity index is 1.37. The summed E-state index contributed by atoms with van der Waals surface area (Å²) in [6, 6.07) is 22.1. The van der Waals surface area contributed by atoms with Crippen LogP contribution < -0.4 is 0 Å². The summed E-state index contributed by atoms with van der Waals surface area (Å²) in [7, 11) is 0. The quantitative estimate of drug-likeness (QED) is 0.0933. The van der Waals surface area contributed by atoms with Gasteiger partial charge in [-0.1, -0.05) is 99.1 Å². The number of esters is 2. The molecule has 1 fully saturated rings. The zero-order valence-electron chi connectivity index (χ0n) is 28.9. The van der Waals surface area contributed by atoms with E-state index >= 15 is 0 Å². The number of benzene rings is 3. The van der Waals surface area contributed by atoms with Gasteiger partial charge in [-0.05, 0) is 122 Å². The number of hydrogen-bond acceptors (Lipinski definition) is 5. The van der Waals surface area contributed by atoms with E-state index in [2.05, 4.69) is 87.7 Å². The Morgan fingerprint density at radius 2 is 1.58 bits per heavy atom. The third-order valence-electron chi connectivity index (χ3n) is 9.77. The third kappa shape index (κ3) is 10.2. The molecule has 1 unspecified atom stereocenters. The summed E-state index contributed by atoms with van der Waals surface area (Å²) in [5, 5.41) is 9.99. The molecule has 0 saturated heterocycles. The number of unbranched alkanes of at least 4 members (excludes halogenated alkanes) is 2. The van der Waals surface area contributed by atoms with E-state index in [1.54, 1.807) is 6.92 Å². The van der Waals surface area contributed by atoms with E-state index in [1.165, 1.54) is 47.1 Å². The SMILES string of the molecule is C=C(C)C(=O)OCC(CCOC(=O)C(=C)CO)C1CCC(c2ccc(-c3ccc(-c4ccc(CCCCC)c(Cl)c4)cc3)c(C)c2)CC1. The van der Waals surface area contributed by atoms with Gasteiger partial charge >= 0.3 is 11.9 Å². The smallest absolute Gasteiger partial charge is 0.335 e. The monoisotopic (exact) mass is 670 g/mol. The minimum atomic E-state index is -0.596. The molecule has 1 N–H and O–H groups in total. The lowest BCUT2D eigenvalue weighted by Crippen LogP contribution is -2.27. The van der Waals surface area contributed by atoms with Crippen molar-refractivity contribution in [3.63, 3.8) is 0 Å². The van der Waals surface area contributed by atoms with Crippen LogP contribution >= 0.6 is 11.6 Å². The molecule has 3 aromatic rings. The van der Waals surface area contributed by atoms with Crippen molar-refractivity contribution in [2.24, 2.45) is 11.8 Å². The standard InChI is InChI=1S/C42H51ClO5/c1-6-7-8-9-35-18-19-37(25-40(35)43)32-14-16-34(17-15-32)39-21-20-36(24-29(39)4)31-10-12-33(13-11-31)38(27-48-41(45)28(2)3)22-23-47-42(46)30(5)26-44/h14-21,24-25,31,33,38,44H,2,5-13,22-23,26-27H2,1,3-4H3. The van der Waals surface area contributed by atoms with E-state index in [0.29, 0.717) is 23.8 Å². The first kappa shape index (κ1) is 37.2. The Labute approximate surface area is 292 Å². The first-order valence-electron chi connectivity index (χ1n) is 17.4. The first-order chi connectivity index (χ1) is 23.1. The fourth-order valence-corrected chi connectivity index (χ4v) is 7.03. The Bertz CT molecular complexity index is 1570. The number of aliphatic hydroxyl groups excluding tert-OH is 1. The lowest BCUT2D eigenvalue weighted by molar-refractivity contribution is -0.144. The van der Waals surface area contributed by atoms with Crippen LogP contribution in [0.25, 0.3) is 22.3 Å². The van der Waals surface area contributed by atoms with Crippen LogP contribution in [0.3, 0.4) is 0 Å². The Morgan fingerprint density at radius 3 is 2.21 bits per heavy atom. The third-order valence-corrected chi connectivity index (χ3v) is 10.1. The average Bonchev–Trinajstić information content (AvgIpc) is 3.10. The van der Waals surface area contributed by atoms with E-state index < -0.39 is 18.5 Å². The van der Waals surface area contributed by atoms with Gasteiger partial charge in [-0.2, -0.15) is 0 Å². The highest BCUT2D eigenvalue weighted by atomic mass is 35.5. The van der Waals surface area contributed by atoms with Crippen LogP contribution in [-0.2, 0) is 25.5 Å². The number of carbonyl (C=O) groups is 2. The van der Waals surface area contributed by atoms with Crippen LogP contribution in [0, 0.1) is 18.8 Å². The van der Waals surface area contributed by atoms with Crippen LogP contribution in [0.2, 0.25) is 5.02 Å². The zero-order chi connectivity index (χ0) is 34.6. The van der Waals surface area contributed by atoms with Gasteiger partial charge in [0, 0.05) is 10.6 Å². The molecule has 0 radical (unpaired) electrons. The van der Waals surface area contributed by atoms with Gasteiger partial charge in [-0.3, -0.25) is 0 Å². The predicted molar refractivity (Wildman–Crippen MR) is 196 cm³/mol. The van der Waals surface area contributed by atoms with Crippen LogP contribution in [0.4, 0.5) is 0 Å². The van der Waals surface area contributed by atoms with Crippen LogP contribution in [0.15, 0.2) is 85.0 Å². The van der Waals surface area contributed by atoms with Gasteiger partial charge in [0.15, 0.2) is 0 Å². The molecule has 0 aromatic heterocycles. The average molecular weight is 671 g/mol. The van der Waals surface area contributed by atoms with Crippen LogP contribution in [0.5, 0.6) is 0 Å². The van der Waals surface area contributed by atoms with Gasteiger partial charge in [-0.25, -0.2) is 9.59 Å². The number of aryl methyl sites for hydroxylation is 2. The van der Waals surface area contributed by atoms with Gasteiger partial charge in [0.1, 0.15) is 0 Å². The largest absolute Gasteiger partial charge is 0.462 e. The molecule has 1 aliphatic rings. The normalized spacial score (nSPS) is 16.6. The van der Waals surface area contributed by atoms with Gasteiger partial charge in [0.05, 0.1) is 25.4 Å². The minimum Gasteiger partial charge on any atom is -0.462 e. The fraction of sp³-hybridized carbons (Fsp3) is 0.429. The lowest BCUT2D eigenvalue weighted by Gasteiger charge is -2.34. The molecule has 0 heterocycles. The van der Waals surface area contributed by atoms with E-state index in [1.807, 2.05) is 0 Å². The molecular formula is C42H51ClO5. The fourth-order valence-electron chi connectivity index (χ4n) is 6.76. The lowest BCUT2D eigenvalue weighted by atomic mass is 9.73. The van der Waals surface area contributed by atoms with Crippen molar-refractivity contribution in [2.75, 3.05) is 19.8 Å². The summed E-state index contributed by atoms with van der Waals surface area (Å²) in [6.07, 6.45) is 9.30.